The van der Waals surface area contributed by atoms with Crippen LogP contribution in [0.15, 0.2) is 194 Å². The molecule has 0 saturated carbocycles. The Morgan fingerprint density at radius 3 is 1.74 bits per heavy atom. The highest BCUT2D eigenvalue weighted by Gasteiger charge is 2.40. The van der Waals surface area contributed by atoms with E-state index in [9.17, 15) is 0 Å². The molecule has 11 aromatic carbocycles. The minimum Gasteiger partial charge on any atom is -0.555 e. The van der Waals surface area contributed by atoms with Gasteiger partial charge in [0.1, 0.15) is 5.75 Å². The van der Waals surface area contributed by atoms with Gasteiger partial charge in [-0.05, 0) is 142 Å². The molecule has 0 atom stereocenters. The maximum atomic E-state index is 6.87. The smallest absolute Gasteiger partial charge is 0.396 e. The number of anilines is 3. The summed E-state index contributed by atoms with van der Waals surface area (Å²) in [5, 5.41) is 10.3. The molecule has 66 heavy (non-hydrogen) atoms. The van der Waals surface area contributed by atoms with Gasteiger partial charge in [-0.3, -0.25) is 0 Å². The monoisotopic (exact) mass is 843 g/mol. The van der Waals surface area contributed by atoms with Gasteiger partial charge in [-0.25, -0.2) is 0 Å². The van der Waals surface area contributed by atoms with E-state index in [4.69, 9.17) is 4.65 Å². The van der Waals surface area contributed by atoms with Crippen molar-refractivity contribution in [2.75, 3.05) is 4.90 Å². The molecule has 2 nitrogen and oxygen atoms in total. The van der Waals surface area contributed by atoms with E-state index in [0.717, 1.165) is 17.8 Å². The second-order valence-electron chi connectivity index (χ2n) is 19.9. The standard InChI is InChI=1S/C63H46BNO/c1-62(2)52-27-10-8-21-43(52)45-32-31-41(34-54(45)62)65(56-33-30-39-18-13-25-47-46-24-12-16-38-17-14-26-48(59(38)46)61(56)60(39)47)57-36-55-49(44-22-9-11-28-53(44)63(55,3)4)35-50(57)42-23-15-29-58-51(42)37-64(66-58)40-19-6-5-7-20-40/h5-36H,37H2,1-4H3. The van der Waals surface area contributed by atoms with E-state index in [2.05, 4.69) is 227 Å². The molecule has 0 fully saturated rings. The molecule has 14 rings (SSSR count). The van der Waals surface area contributed by atoms with E-state index in [1.165, 1.54) is 121 Å². The Morgan fingerprint density at radius 2 is 1.00 bits per heavy atom. The Hall–Kier alpha value is -7.62. The molecule has 312 valence electrons. The molecule has 1 aliphatic heterocycles. The third-order valence-corrected chi connectivity index (χ3v) is 15.7. The molecule has 0 radical (unpaired) electrons. The van der Waals surface area contributed by atoms with Crippen molar-refractivity contribution in [1.82, 2.24) is 0 Å². The minimum absolute atomic E-state index is 0.0551. The fourth-order valence-corrected chi connectivity index (χ4v) is 12.6. The summed E-state index contributed by atoms with van der Waals surface area (Å²) >= 11 is 0. The summed E-state index contributed by atoms with van der Waals surface area (Å²) in [5.41, 5.74) is 18.7. The SMILES string of the molecule is CC1(C)c2ccccc2-c2ccc(N(c3cc4c(cc3-c3cccc5c3CB(c3ccccc3)O5)-c3ccccc3C4(C)C)c3ccc4cccc5c6cccc7cccc(c3c45)c76)cc21. The first-order chi connectivity index (χ1) is 32.3. The summed E-state index contributed by atoms with van der Waals surface area (Å²) in [4.78, 5) is 2.64. The average molecular weight is 844 g/mol. The maximum absolute atomic E-state index is 6.87. The van der Waals surface area contributed by atoms with Crippen LogP contribution in [0.1, 0.15) is 55.5 Å². The lowest BCUT2D eigenvalue weighted by atomic mass is 9.58. The van der Waals surface area contributed by atoms with Crippen molar-refractivity contribution in [2.45, 2.75) is 44.8 Å². The minimum atomic E-state index is -0.220. The molecule has 0 N–H and O–H groups in total. The number of fused-ring (bicyclic) bond motifs is 9. The lowest BCUT2D eigenvalue weighted by Crippen LogP contribution is -2.35. The molecule has 3 aliphatic rings. The van der Waals surface area contributed by atoms with Gasteiger partial charge in [0.15, 0.2) is 0 Å². The third kappa shape index (κ3) is 5.09. The largest absolute Gasteiger partial charge is 0.555 e. The number of benzene rings is 11. The molecule has 3 heteroatoms. The Balaban J connectivity index is 1.12. The van der Waals surface area contributed by atoms with Gasteiger partial charge in [-0.1, -0.05) is 185 Å². The molecular formula is C63H46BNO. The summed E-state index contributed by atoms with van der Waals surface area (Å²) in [6.45, 7) is 9.55. The topological polar surface area (TPSA) is 12.5 Å². The van der Waals surface area contributed by atoms with Gasteiger partial charge in [0.25, 0.3) is 0 Å². The second-order valence-corrected chi connectivity index (χ2v) is 19.9. The van der Waals surface area contributed by atoms with Crippen LogP contribution in [0.2, 0.25) is 0 Å². The van der Waals surface area contributed by atoms with E-state index >= 15 is 0 Å². The number of hydrogen-bond donors (Lipinski definition) is 0. The van der Waals surface area contributed by atoms with Crippen LogP contribution in [0, 0.1) is 0 Å². The Bertz CT molecular complexity index is 3840. The zero-order chi connectivity index (χ0) is 44.1. The van der Waals surface area contributed by atoms with Gasteiger partial charge in [0, 0.05) is 27.5 Å². The zero-order valence-corrected chi connectivity index (χ0v) is 37.6. The van der Waals surface area contributed by atoms with Gasteiger partial charge in [0.05, 0.1) is 11.4 Å². The van der Waals surface area contributed by atoms with Crippen molar-refractivity contribution in [3.63, 3.8) is 0 Å². The molecule has 0 bridgehead atoms. The van der Waals surface area contributed by atoms with Crippen molar-refractivity contribution in [3.8, 4) is 39.1 Å². The lowest BCUT2D eigenvalue weighted by molar-refractivity contribution is 0.601. The highest BCUT2D eigenvalue weighted by Crippen LogP contribution is 2.57. The summed E-state index contributed by atoms with van der Waals surface area (Å²) in [7, 11) is 0. The summed E-state index contributed by atoms with van der Waals surface area (Å²) in [6, 6.07) is 73.1. The molecular weight excluding hydrogens is 798 g/mol. The van der Waals surface area contributed by atoms with Crippen molar-refractivity contribution < 1.29 is 4.65 Å². The fraction of sp³-hybridized carbons (Fsp3) is 0.111. The van der Waals surface area contributed by atoms with E-state index in [1.807, 2.05) is 0 Å². The average Bonchev–Trinajstić information content (AvgIpc) is 3.97. The molecule has 0 saturated heterocycles. The third-order valence-electron chi connectivity index (χ3n) is 15.7. The van der Waals surface area contributed by atoms with Crippen LogP contribution >= 0.6 is 0 Å². The van der Waals surface area contributed by atoms with Crippen LogP contribution in [-0.2, 0) is 17.2 Å². The van der Waals surface area contributed by atoms with E-state index in [0.29, 0.717) is 0 Å². The highest BCUT2D eigenvalue weighted by molar-refractivity contribution is 6.68. The Morgan fingerprint density at radius 1 is 0.409 bits per heavy atom. The van der Waals surface area contributed by atoms with Crippen molar-refractivity contribution in [3.05, 3.63) is 222 Å². The first-order valence-corrected chi connectivity index (χ1v) is 23.5. The van der Waals surface area contributed by atoms with Crippen molar-refractivity contribution in [2.24, 2.45) is 0 Å². The van der Waals surface area contributed by atoms with Crippen LogP contribution in [0.4, 0.5) is 17.1 Å². The van der Waals surface area contributed by atoms with Crippen LogP contribution in [0.25, 0.3) is 76.5 Å². The van der Waals surface area contributed by atoms with Crippen LogP contribution in [0.5, 0.6) is 5.75 Å². The van der Waals surface area contributed by atoms with Gasteiger partial charge >= 0.3 is 6.92 Å². The van der Waals surface area contributed by atoms with E-state index < -0.39 is 0 Å². The lowest BCUT2D eigenvalue weighted by Gasteiger charge is -2.33. The van der Waals surface area contributed by atoms with Crippen LogP contribution in [-0.4, -0.2) is 6.92 Å². The van der Waals surface area contributed by atoms with Crippen molar-refractivity contribution in [1.29, 1.82) is 0 Å². The summed E-state index contributed by atoms with van der Waals surface area (Å²) in [5.74, 6) is 0.964. The Kier molecular flexibility index (Phi) is 7.70. The number of nitrogens with zero attached hydrogens (tertiary/aromatic N) is 1. The molecule has 1 heterocycles. The molecule has 11 aromatic rings. The summed E-state index contributed by atoms with van der Waals surface area (Å²) < 4.78 is 6.87. The number of rotatable bonds is 5. The van der Waals surface area contributed by atoms with Gasteiger partial charge < -0.3 is 9.55 Å². The van der Waals surface area contributed by atoms with Crippen molar-refractivity contribution >= 4 is 72.5 Å². The first-order valence-electron chi connectivity index (χ1n) is 23.5. The van der Waals surface area contributed by atoms with Crippen LogP contribution in [0.3, 0.4) is 0 Å². The zero-order valence-electron chi connectivity index (χ0n) is 37.6. The quantitative estimate of drug-likeness (QED) is 0.0972. The van der Waals surface area contributed by atoms with Crippen LogP contribution < -0.4 is 15.0 Å². The molecule has 0 spiro atoms. The van der Waals surface area contributed by atoms with E-state index in [1.54, 1.807) is 0 Å². The molecule has 0 aromatic heterocycles. The molecule has 0 amide bonds. The molecule has 0 unspecified atom stereocenters. The van der Waals surface area contributed by atoms with Gasteiger partial charge in [0.2, 0.25) is 0 Å². The van der Waals surface area contributed by atoms with E-state index in [-0.39, 0.29) is 17.7 Å². The highest BCUT2D eigenvalue weighted by atomic mass is 16.4. The van der Waals surface area contributed by atoms with Gasteiger partial charge in [-0.2, -0.15) is 0 Å². The maximum Gasteiger partial charge on any atom is 0.396 e. The summed E-state index contributed by atoms with van der Waals surface area (Å²) in [6.07, 6.45) is 0.794. The number of hydrogen-bond acceptors (Lipinski definition) is 2. The molecule has 2 aliphatic carbocycles. The fourth-order valence-electron chi connectivity index (χ4n) is 12.6. The normalized spacial score (nSPS) is 14.9. The first kappa shape index (κ1) is 37.7. The predicted octanol–water partition coefficient (Wildman–Crippen LogP) is 15.9. The Labute approximate surface area is 386 Å². The second kappa shape index (κ2) is 13.5. The predicted molar refractivity (Wildman–Crippen MR) is 279 cm³/mol. The van der Waals surface area contributed by atoms with Gasteiger partial charge in [-0.15, -0.1) is 0 Å².